The average Bonchev–Trinajstić information content (AvgIpc) is 2.12. The van der Waals surface area contributed by atoms with Crippen molar-refractivity contribution in [2.45, 2.75) is 12.8 Å². The standard InChI is InChI=1S/C9H15NO4/c1-10-6-14-9(12)5-13-4-7-2-8(11)3-7/h7,10H,2-6H2,1H3. The molecule has 0 spiro atoms. The summed E-state index contributed by atoms with van der Waals surface area (Å²) in [7, 11) is 1.69. The summed E-state index contributed by atoms with van der Waals surface area (Å²) in [5.41, 5.74) is 0. The van der Waals surface area contributed by atoms with Gasteiger partial charge in [-0.3, -0.25) is 10.1 Å². The minimum Gasteiger partial charge on any atom is -0.448 e. The molecule has 0 saturated heterocycles. The number of nitrogens with one attached hydrogen (secondary N) is 1. The summed E-state index contributed by atoms with van der Waals surface area (Å²) in [6, 6.07) is 0. The highest BCUT2D eigenvalue weighted by molar-refractivity contribution is 5.84. The van der Waals surface area contributed by atoms with E-state index in [2.05, 4.69) is 5.32 Å². The molecule has 0 amide bonds. The first-order valence-electron chi connectivity index (χ1n) is 4.62. The Balaban J connectivity index is 1.93. The number of esters is 1. The van der Waals surface area contributed by atoms with Gasteiger partial charge in [0.1, 0.15) is 19.1 Å². The van der Waals surface area contributed by atoms with E-state index in [-0.39, 0.29) is 25.1 Å². The van der Waals surface area contributed by atoms with E-state index in [1.807, 2.05) is 0 Å². The Morgan fingerprint density at radius 1 is 1.57 bits per heavy atom. The summed E-state index contributed by atoms with van der Waals surface area (Å²) in [6.07, 6.45) is 1.18. The molecule has 1 rings (SSSR count). The fourth-order valence-electron chi connectivity index (χ4n) is 1.21. The summed E-state index contributed by atoms with van der Waals surface area (Å²) in [5, 5.41) is 2.68. The van der Waals surface area contributed by atoms with Gasteiger partial charge in [-0.05, 0) is 13.0 Å². The van der Waals surface area contributed by atoms with Crippen LogP contribution in [0.25, 0.3) is 0 Å². The van der Waals surface area contributed by atoms with Crippen LogP contribution in [0.15, 0.2) is 0 Å². The number of carbonyl (C=O) groups excluding carboxylic acids is 2. The van der Waals surface area contributed by atoms with E-state index in [0.717, 1.165) is 0 Å². The van der Waals surface area contributed by atoms with Crippen molar-refractivity contribution in [1.29, 1.82) is 0 Å². The maximum absolute atomic E-state index is 10.9. The predicted molar refractivity (Wildman–Crippen MR) is 48.6 cm³/mol. The Morgan fingerprint density at radius 2 is 2.29 bits per heavy atom. The van der Waals surface area contributed by atoms with E-state index >= 15 is 0 Å². The van der Waals surface area contributed by atoms with Gasteiger partial charge in [0.2, 0.25) is 0 Å². The minimum absolute atomic E-state index is 0.0353. The molecule has 0 heterocycles. The van der Waals surface area contributed by atoms with Crippen molar-refractivity contribution in [1.82, 2.24) is 5.32 Å². The fourth-order valence-corrected chi connectivity index (χ4v) is 1.21. The number of hydrogen-bond donors (Lipinski definition) is 1. The molecule has 0 aromatic carbocycles. The molecule has 0 aliphatic heterocycles. The van der Waals surface area contributed by atoms with Crippen molar-refractivity contribution < 1.29 is 19.1 Å². The number of Topliss-reactive ketones (excluding diaryl/α,β-unsaturated/α-hetero) is 1. The molecule has 0 radical (unpaired) electrons. The lowest BCUT2D eigenvalue weighted by molar-refractivity contribution is -0.150. The number of hydrogen-bond acceptors (Lipinski definition) is 5. The molecular weight excluding hydrogens is 186 g/mol. The molecule has 1 fully saturated rings. The molecule has 1 saturated carbocycles. The van der Waals surface area contributed by atoms with E-state index < -0.39 is 0 Å². The molecule has 0 aromatic heterocycles. The van der Waals surface area contributed by atoms with Gasteiger partial charge in [0.15, 0.2) is 0 Å². The third-order valence-electron chi connectivity index (χ3n) is 1.98. The van der Waals surface area contributed by atoms with E-state index in [1.54, 1.807) is 7.05 Å². The highest BCUT2D eigenvalue weighted by atomic mass is 16.6. The Morgan fingerprint density at radius 3 is 2.86 bits per heavy atom. The second kappa shape index (κ2) is 5.72. The summed E-state index contributed by atoms with van der Waals surface area (Å²) >= 11 is 0. The largest absolute Gasteiger partial charge is 0.448 e. The molecule has 0 atom stereocenters. The van der Waals surface area contributed by atoms with Crippen molar-refractivity contribution >= 4 is 11.8 Å². The van der Waals surface area contributed by atoms with E-state index in [0.29, 0.717) is 25.4 Å². The third kappa shape index (κ3) is 3.85. The summed E-state index contributed by atoms with van der Waals surface area (Å²) in [6.45, 7) is 0.636. The van der Waals surface area contributed by atoms with Crippen molar-refractivity contribution in [3.63, 3.8) is 0 Å². The van der Waals surface area contributed by atoms with Crippen LogP contribution in [-0.4, -0.2) is 38.7 Å². The van der Waals surface area contributed by atoms with Gasteiger partial charge >= 0.3 is 5.97 Å². The van der Waals surface area contributed by atoms with Crippen LogP contribution in [0.2, 0.25) is 0 Å². The first kappa shape index (κ1) is 11.1. The van der Waals surface area contributed by atoms with Gasteiger partial charge in [-0.25, -0.2) is 4.79 Å². The molecule has 14 heavy (non-hydrogen) atoms. The fraction of sp³-hybridized carbons (Fsp3) is 0.778. The highest BCUT2D eigenvalue weighted by Crippen LogP contribution is 2.22. The van der Waals surface area contributed by atoms with Crippen molar-refractivity contribution in [2.75, 3.05) is 27.0 Å². The minimum atomic E-state index is -0.384. The molecule has 0 unspecified atom stereocenters. The normalized spacial score (nSPS) is 16.5. The first-order valence-corrected chi connectivity index (χ1v) is 4.62. The summed E-state index contributed by atoms with van der Waals surface area (Å²) in [4.78, 5) is 21.5. The molecule has 5 nitrogen and oxygen atoms in total. The van der Waals surface area contributed by atoms with Crippen LogP contribution in [0.3, 0.4) is 0 Å². The van der Waals surface area contributed by atoms with Crippen molar-refractivity contribution in [3.05, 3.63) is 0 Å². The lowest BCUT2D eigenvalue weighted by Crippen LogP contribution is -2.29. The highest BCUT2D eigenvalue weighted by Gasteiger charge is 2.26. The number of rotatable bonds is 6. The predicted octanol–water partition coefficient (Wildman–Crippen LogP) is -0.298. The van der Waals surface area contributed by atoms with Gasteiger partial charge in [0.25, 0.3) is 0 Å². The maximum atomic E-state index is 10.9. The van der Waals surface area contributed by atoms with Crippen LogP contribution >= 0.6 is 0 Å². The summed E-state index contributed by atoms with van der Waals surface area (Å²) in [5.74, 6) is 0.195. The lowest BCUT2D eigenvalue weighted by Gasteiger charge is -2.23. The Bertz CT molecular complexity index is 209. The SMILES string of the molecule is CNCOC(=O)COCC1CC(=O)C1. The number of carbonyl (C=O) groups is 2. The molecule has 0 aromatic rings. The van der Waals surface area contributed by atoms with E-state index in [4.69, 9.17) is 9.47 Å². The molecule has 0 bridgehead atoms. The Hall–Kier alpha value is -0.940. The quantitative estimate of drug-likeness (QED) is 0.472. The molecule has 1 aliphatic rings. The third-order valence-corrected chi connectivity index (χ3v) is 1.98. The topological polar surface area (TPSA) is 64.6 Å². The van der Waals surface area contributed by atoms with Gasteiger partial charge in [-0.2, -0.15) is 0 Å². The first-order chi connectivity index (χ1) is 6.72. The zero-order valence-corrected chi connectivity index (χ0v) is 8.25. The molecular formula is C9H15NO4. The van der Waals surface area contributed by atoms with Crippen molar-refractivity contribution in [2.24, 2.45) is 5.92 Å². The molecule has 80 valence electrons. The second-order valence-electron chi connectivity index (χ2n) is 3.34. The van der Waals surface area contributed by atoms with Gasteiger partial charge in [-0.15, -0.1) is 0 Å². The van der Waals surface area contributed by atoms with Crippen LogP contribution in [0.1, 0.15) is 12.8 Å². The number of ketones is 1. The van der Waals surface area contributed by atoms with Crippen LogP contribution in [-0.2, 0) is 19.1 Å². The van der Waals surface area contributed by atoms with E-state index in [1.165, 1.54) is 0 Å². The monoisotopic (exact) mass is 201 g/mol. The van der Waals surface area contributed by atoms with Crippen molar-refractivity contribution in [3.8, 4) is 0 Å². The Labute approximate surface area is 82.8 Å². The molecule has 1 aliphatic carbocycles. The van der Waals surface area contributed by atoms with E-state index in [9.17, 15) is 9.59 Å². The van der Waals surface area contributed by atoms with Crippen LogP contribution in [0.4, 0.5) is 0 Å². The van der Waals surface area contributed by atoms with Crippen LogP contribution in [0, 0.1) is 5.92 Å². The van der Waals surface area contributed by atoms with Gasteiger partial charge < -0.3 is 9.47 Å². The number of ether oxygens (including phenoxy) is 2. The Kier molecular flexibility index (Phi) is 4.55. The average molecular weight is 201 g/mol. The second-order valence-corrected chi connectivity index (χ2v) is 3.34. The van der Waals surface area contributed by atoms with Crippen LogP contribution in [0.5, 0.6) is 0 Å². The van der Waals surface area contributed by atoms with Crippen LogP contribution < -0.4 is 5.32 Å². The van der Waals surface area contributed by atoms with Gasteiger partial charge in [0, 0.05) is 12.8 Å². The van der Waals surface area contributed by atoms with Gasteiger partial charge in [0.05, 0.1) is 6.61 Å². The zero-order chi connectivity index (χ0) is 10.4. The molecule has 1 N–H and O–H groups in total. The maximum Gasteiger partial charge on any atom is 0.333 e. The molecule has 5 heteroatoms. The lowest BCUT2D eigenvalue weighted by atomic mass is 9.85. The summed E-state index contributed by atoms with van der Waals surface area (Å²) < 4.78 is 9.79. The van der Waals surface area contributed by atoms with Gasteiger partial charge in [-0.1, -0.05) is 0 Å². The zero-order valence-electron chi connectivity index (χ0n) is 8.25. The smallest absolute Gasteiger partial charge is 0.333 e.